The Labute approximate surface area is 345 Å². The van der Waals surface area contributed by atoms with Crippen LogP contribution in [0, 0.1) is 20.8 Å². The Balaban J connectivity index is 1.44. The number of rotatable bonds is 25. The van der Waals surface area contributed by atoms with Crippen LogP contribution in [0.25, 0.3) is 0 Å². The first-order valence-corrected chi connectivity index (χ1v) is 20.9. The first-order valence-electron chi connectivity index (χ1n) is 20.9. The minimum absolute atomic E-state index is 0.0321. The lowest BCUT2D eigenvalue weighted by Gasteiger charge is -2.37. The molecule has 1 fully saturated rings. The zero-order chi connectivity index (χ0) is 41.9. The maximum atomic E-state index is 14.4. The van der Waals surface area contributed by atoms with Gasteiger partial charge in [0, 0.05) is 26.2 Å². The summed E-state index contributed by atoms with van der Waals surface area (Å²) in [6.07, 6.45) is 4.22. The van der Waals surface area contributed by atoms with E-state index in [1.54, 1.807) is 25.2 Å². The van der Waals surface area contributed by atoms with E-state index in [1.807, 2.05) is 51.1 Å². The van der Waals surface area contributed by atoms with Gasteiger partial charge in [0.2, 0.25) is 5.91 Å². The molecule has 58 heavy (non-hydrogen) atoms. The van der Waals surface area contributed by atoms with Crippen LogP contribution < -0.4 is 14.2 Å². The Kier molecular flexibility index (Phi) is 19.5. The highest BCUT2D eigenvalue weighted by Gasteiger charge is 2.38. The van der Waals surface area contributed by atoms with Gasteiger partial charge in [-0.1, -0.05) is 43.3 Å². The Morgan fingerprint density at radius 3 is 2.26 bits per heavy atom. The molecule has 0 spiro atoms. The Hall–Kier alpha value is -4.45. The molecule has 0 N–H and O–H groups in total. The zero-order valence-electron chi connectivity index (χ0n) is 35.8. The van der Waals surface area contributed by atoms with Crippen LogP contribution in [0.3, 0.4) is 0 Å². The summed E-state index contributed by atoms with van der Waals surface area (Å²) in [4.78, 5) is 43.1. The SMILES string of the molecule is CCOCCOCCOCCCC(=O)COc1cccc(C(CCc2ccc(C)c(C)c2)OC(=O)[C@@H]2CCCCN2C(=O)[C@@H](CC)c2cc(C)c(OC)c(OC)c2)c1. The fourth-order valence-electron chi connectivity index (χ4n) is 7.34. The van der Waals surface area contributed by atoms with Crippen LogP contribution in [0.5, 0.6) is 17.2 Å². The predicted molar refractivity (Wildman–Crippen MR) is 224 cm³/mol. The van der Waals surface area contributed by atoms with E-state index in [4.69, 9.17) is 33.2 Å². The predicted octanol–water partition coefficient (Wildman–Crippen LogP) is 8.22. The third-order valence-electron chi connectivity index (χ3n) is 10.7. The normalized spacial score (nSPS) is 15.1. The summed E-state index contributed by atoms with van der Waals surface area (Å²) in [7, 11) is 3.18. The van der Waals surface area contributed by atoms with Crippen LogP contribution in [-0.4, -0.2) is 95.6 Å². The highest BCUT2D eigenvalue weighted by molar-refractivity contribution is 5.89. The van der Waals surface area contributed by atoms with Gasteiger partial charge in [0.05, 0.1) is 46.6 Å². The van der Waals surface area contributed by atoms with Crippen molar-refractivity contribution in [1.29, 1.82) is 0 Å². The van der Waals surface area contributed by atoms with Crippen molar-refractivity contribution in [3.8, 4) is 17.2 Å². The Bertz CT molecular complexity index is 1760. The van der Waals surface area contributed by atoms with Gasteiger partial charge in [0.1, 0.15) is 24.5 Å². The van der Waals surface area contributed by atoms with Crippen LogP contribution in [0.2, 0.25) is 0 Å². The smallest absolute Gasteiger partial charge is 0.329 e. The van der Waals surface area contributed by atoms with Gasteiger partial charge >= 0.3 is 5.97 Å². The molecule has 1 amide bonds. The summed E-state index contributed by atoms with van der Waals surface area (Å²) in [5.41, 5.74) is 6.02. The number of hydrogen-bond donors (Lipinski definition) is 0. The molecule has 0 bridgehead atoms. The highest BCUT2D eigenvalue weighted by atomic mass is 16.6. The maximum absolute atomic E-state index is 14.4. The molecule has 0 aliphatic carbocycles. The van der Waals surface area contributed by atoms with Crippen LogP contribution in [0.1, 0.15) is 104 Å². The van der Waals surface area contributed by atoms with E-state index in [0.717, 1.165) is 35.1 Å². The molecule has 3 aromatic carbocycles. The third kappa shape index (κ3) is 13.8. The maximum Gasteiger partial charge on any atom is 0.329 e. The topological polar surface area (TPSA) is 119 Å². The molecule has 1 aliphatic heterocycles. The number of piperidine rings is 1. The lowest BCUT2D eigenvalue weighted by molar-refractivity contribution is -0.162. The van der Waals surface area contributed by atoms with Crippen molar-refractivity contribution < 1.29 is 47.5 Å². The van der Waals surface area contributed by atoms with Crippen molar-refractivity contribution in [2.75, 3.05) is 67.0 Å². The number of ether oxygens (including phenoxy) is 7. The third-order valence-corrected chi connectivity index (χ3v) is 10.7. The van der Waals surface area contributed by atoms with E-state index < -0.39 is 24.0 Å². The van der Waals surface area contributed by atoms with Gasteiger partial charge in [-0.15, -0.1) is 0 Å². The largest absolute Gasteiger partial charge is 0.493 e. The molecule has 4 rings (SSSR count). The average molecular weight is 804 g/mol. The van der Waals surface area contributed by atoms with Crippen LogP contribution in [-0.2, 0) is 39.8 Å². The molecule has 1 unspecified atom stereocenters. The number of esters is 1. The molecule has 318 valence electrons. The minimum Gasteiger partial charge on any atom is -0.493 e. The molecule has 1 saturated heterocycles. The molecule has 11 nitrogen and oxygen atoms in total. The van der Waals surface area contributed by atoms with Crippen molar-refractivity contribution in [1.82, 2.24) is 4.90 Å². The van der Waals surface area contributed by atoms with Crippen LogP contribution >= 0.6 is 0 Å². The van der Waals surface area contributed by atoms with Gasteiger partial charge in [-0.3, -0.25) is 9.59 Å². The van der Waals surface area contributed by atoms with Gasteiger partial charge in [-0.05, 0) is 124 Å². The molecular formula is C47H65NO10. The molecular weight excluding hydrogens is 739 g/mol. The second-order valence-electron chi connectivity index (χ2n) is 14.9. The van der Waals surface area contributed by atoms with Gasteiger partial charge in [0.15, 0.2) is 17.3 Å². The summed E-state index contributed by atoms with van der Waals surface area (Å²) in [6, 6.07) is 16.9. The van der Waals surface area contributed by atoms with E-state index in [-0.39, 0.29) is 18.3 Å². The second-order valence-corrected chi connectivity index (χ2v) is 14.9. The number of Topliss-reactive ketones (excluding diaryl/α,β-unsaturated/α-hetero) is 1. The first kappa shape index (κ1) is 46.2. The number of nitrogens with zero attached hydrogens (tertiary/aromatic N) is 1. The number of methoxy groups -OCH3 is 2. The van der Waals surface area contributed by atoms with Gasteiger partial charge in [-0.2, -0.15) is 0 Å². The molecule has 1 heterocycles. The summed E-state index contributed by atoms with van der Waals surface area (Å²) in [6.45, 7) is 13.6. The lowest BCUT2D eigenvalue weighted by atomic mass is 9.91. The van der Waals surface area contributed by atoms with Crippen molar-refractivity contribution in [2.24, 2.45) is 0 Å². The summed E-state index contributed by atoms with van der Waals surface area (Å²) < 4.78 is 39.8. The molecule has 0 aromatic heterocycles. The quantitative estimate of drug-likeness (QED) is 0.0613. The second kappa shape index (κ2) is 24.5. The summed E-state index contributed by atoms with van der Waals surface area (Å²) in [5, 5.41) is 0. The van der Waals surface area contributed by atoms with E-state index in [9.17, 15) is 14.4 Å². The number of likely N-dealkylation sites (tertiary alicyclic amines) is 1. The molecule has 1 aliphatic rings. The molecule has 3 atom stereocenters. The van der Waals surface area contributed by atoms with Crippen LogP contribution in [0.15, 0.2) is 54.6 Å². The number of hydrogen-bond acceptors (Lipinski definition) is 10. The van der Waals surface area contributed by atoms with Crippen molar-refractivity contribution in [3.63, 3.8) is 0 Å². The number of carbonyl (C=O) groups excluding carboxylic acids is 3. The average Bonchev–Trinajstić information content (AvgIpc) is 3.23. The monoisotopic (exact) mass is 803 g/mol. The lowest BCUT2D eigenvalue weighted by Crippen LogP contribution is -2.50. The standard InChI is InChI=1S/C47H65NO10/c1-8-41(38-29-35(5)45(53-7)44(31-38)52-6)46(50)48-22-11-10-17-42(48)47(51)58-43(21-20-36-19-18-33(3)34(4)28-36)37-14-12-16-40(30-37)57-32-39(49)15-13-23-55-26-27-56-25-24-54-9-2/h12,14,16,18-19,28-31,41-43H,8-11,13,15,17,20-27,32H2,1-7H3/t41-,42-,43?/m0/s1. The summed E-state index contributed by atoms with van der Waals surface area (Å²) >= 11 is 0. The highest BCUT2D eigenvalue weighted by Crippen LogP contribution is 2.37. The van der Waals surface area contributed by atoms with Gasteiger partial charge in [-0.25, -0.2) is 4.79 Å². The number of amides is 1. The molecule has 3 aromatic rings. The molecule has 11 heteroatoms. The van der Waals surface area contributed by atoms with E-state index in [0.29, 0.717) is 102 Å². The van der Waals surface area contributed by atoms with Crippen LogP contribution in [0.4, 0.5) is 0 Å². The van der Waals surface area contributed by atoms with E-state index in [2.05, 4.69) is 32.0 Å². The van der Waals surface area contributed by atoms with E-state index in [1.165, 1.54) is 11.1 Å². The Morgan fingerprint density at radius 2 is 1.55 bits per heavy atom. The summed E-state index contributed by atoms with van der Waals surface area (Å²) in [5.74, 6) is 0.700. The number of ketones is 1. The number of aryl methyl sites for hydroxylation is 4. The number of benzene rings is 3. The fraction of sp³-hybridized carbons (Fsp3) is 0.553. The Morgan fingerprint density at radius 1 is 0.793 bits per heavy atom. The van der Waals surface area contributed by atoms with Crippen molar-refractivity contribution in [2.45, 2.75) is 104 Å². The number of carbonyl (C=O) groups is 3. The van der Waals surface area contributed by atoms with Gasteiger partial charge in [0.25, 0.3) is 0 Å². The fourth-order valence-corrected chi connectivity index (χ4v) is 7.34. The molecule has 0 saturated carbocycles. The first-order chi connectivity index (χ1) is 28.1. The van der Waals surface area contributed by atoms with Crippen molar-refractivity contribution >= 4 is 17.7 Å². The van der Waals surface area contributed by atoms with E-state index >= 15 is 0 Å². The minimum atomic E-state index is -0.713. The molecule has 0 radical (unpaired) electrons. The van der Waals surface area contributed by atoms with Gasteiger partial charge < -0.3 is 38.1 Å². The van der Waals surface area contributed by atoms with Crippen molar-refractivity contribution in [3.05, 3.63) is 88.0 Å². The zero-order valence-corrected chi connectivity index (χ0v) is 35.8.